The zero-order valence-electron chi connectivity index (χ0n) is 8.98. The fourth-order valence-electron chi connectivity index (χ4n) is 1.61. The first kappa shape index (κ1) is 10.9. The van der Waals surface area contributed by atoms with E-state index < -0.39 is 0 Å². The van der Waals surface area contributed by atoms with Gasteiger partial charge in [-0.2, -0.15) is 0 Å². The van der Waals surface area contributed by atoms with E-state index >= 15 is 0 Å². The first-order chi connectivity index (χ1) is 7.84. The molecule has 86 valence electrons. The van der Waals surface area contributed by atoms with Gasteiger partial charge in [0.1, 0.15) is 5.82 Å². The first-order valence-electron chi connectivity index (χ1n) is 5.42. The van der Waals surface area contributed by atoms with Crippen LogP contribution in [0.2, 0.25) is 0 Å². The van der Waals surface area contributed by atoms with Crippen LogP contribution in [0.15, 0.2) is 24.4 Å². The molecule has 1 atom stereocenters. The number of rotatable bonds is 3. The molecule has 0 aliphatic carbocycles. The summed E-state index contributed by atoms with van der Waals surface area (Å²) in [7, 11) is 0. The van der Waals surface area contributed by atoms with Crippen LogP contribution < -0.4 is 10.6 Å². The van der Waals surface area contributed by atoms with Gasteiger partial charge in [0.25, 0.3) is 0 Å². The second kappa shape index (κ2) is 5.46. The molecule has 2 rings (SSSR count). The fourth-order valence-corrected chi connectivity index (χ4v) is 1.61. The molecule has 0 aromatic carbocycles. The summed E-state index contributed by atoms with van der Waals surface area (Å²) in [5, 5.41) is 5.41. The number of hydrogen-bond donors (Lipinski definition) is 2. The molecule has 1 aliphatic rings. The number of anilines is 1. The third-order valence-corrected chi connectivity index (χ3v) is 2.42. The van der Waals surface area contributed by atoms with Gasteiger partial charge in [0.05, 0.1) is 6.10 Å². The van der Waals surface area contributed by atoms with Crippen LogP contribution in [0.4, 0.5) is 10.6 Å². The van der Waals surface area contributed by atoms with Crippen LogP contribution in [0.5, 0.6) is 0 Å². The monoisotopic (exact) mass is 221 g/mol. The lowest BCUT2D eigenvalue weighted by Crippen LogP contribution is -2.35. The van der Waals surface area contributed by atoms with Crippen LogP contribution in [-0.2, 0) is 4.74 Å². The van der Waals surface area contributed by atoms with Gasteiger partial charge in [-0.25, -0.2) is 9.78 Å². The number of carbonyl (C=O) groups excluding carboxylic acids is 1. The molecule has 2 N–H and O–H groups in total. The van der Waals surface area contributed by atoms with Crippen molar-refractivity contribution in [2.45, 2.75) is 18.9 Å². The van der Waals surface area contributed by atoms with Gasteiger partial charge in [-0.15, -0.1) is 0 Å². The molecule has 0 radical (unpaired) electrons. The van der Waals surface area contributed by atoms with Gasteiger partial charge in [0, 0.05) is 19.3 Å². The van der Waals surface area contributed by atoms with E-state index in [9.17, 15) is 4.79 Å². The number of pyridine rings is 1. The Hall–Kier alpha value is -1.62. The largest absolute Gasteiger partial charge is 0.376 e. The van der Waals surface area contributed by atoms with E-state index in [1.807, 2.05) is 6.07 Å². The molecule has 5 nitrogen and oxygen atoms in total. The molecule has 0 unspecified atom stereocenters. The van der Waals surface area contributed by atoms with Crippen LogP contribution in [0.25, 0.3) is 0 Å². The molecule has 1 aromatic rings. The number of hydrogen-bond acceptors (Lipinski definition) is 3. The molecule has 2 heterocycles. The quantitative estimate of drug-likeness (QED) is 0.810. The fraction of sp³-hybridized carbons (Fsp3) is 0.455. The Balaban J connectivity index is 1.72. The Morgan fingerprint density at radius 2 is 2.50 bits per heavy atom. The Morgan fingerprint density at radius 3 is 3.19 bits per heavy atom. The average Bonchev–Trinajstić information content (AvgIpc) is 2.81. The second-order valence-corrected chi connectivity index (χ2v) is 3.69. The molecule has 1 fully saturated rings. The minimum Gasteiger partial charge on any atom is -0.376 e. The van der Waals surface area contributed by atoms with Crippen molar-refractivity contribution in [3.63, 3.8) is 0 Å². The van der Waals surface area contributed by atoms with Gasteiger partial charge in [-0.3, -0.25) is 5.32 Å². The molecule has 1 aromatic heterocycles. The molecule has 0 saturated carbocycles. The van der Waals surface area contributed by atoms with Gasteiger partial charge in [0.15, 0.2) is 0 Å². The molecule has 2 amide bonds. The van der Waals surface area contributed by atoms with Crippen LogP contribution in [0.3, 0.4) is 0 Å². The van der Waals surface area contributed by atoms with E-state index in [0.717, 1.165) is 19.4 Å². The Morgan fingerprint density at radius 1 is 1.56 bits per heavy atom. The molecule has 1 saturated heterocycles. The average molecular weight is 221 g/mol. The minimum absolute atomic E-state index is 0.162. The van der Waals surface area contributed by atoms with E-state index in [0.29, 0.717) is 12.4 Å². The van der Waals surface area contributed by atoms with Crippen LogP contribution >= 0.6 is 0 Å². The zero-order chi connectivity index (χ0) is 11.2. The van der Waals surface area contributed by atoms with E-state index in [-0.39, 0.29) is 12.1 Å². The lowest BCUT2D eigenvalue weighted by molar-refractivity contribution is 0.112. The molecule has 0 bridgehead atoms. The maximum atomic E-state index is 11.5. The van der Waals surface area contributed by atoms with Crippen LogP contribution in [0, 0.1) is 0 Å². The van der Waals surface area contributed by atoms with Crippen molar-refractivity contribution in [1.82, 2.24) is 10.3 Å². The number of carbonyl (C=O) groups is 1. The minimum atomic E-state index is -0.241. The van der Waals surface area contributed by atoms with E-state index in [1.54, 1.807) is 18.3 Å². The Kier molecular flexibility index (Phi) is 3.71. The van der Waals surface area contributed by atoms with Crippen molar-refractivity contribution >= 4 is 11.8 Å². The predicted octanol–water partition coefficient (Wildman–Crippen LogP) is 1.38. The van der Waals surface area contributed by atoms with Crippen molar-refractivity contribution in [2.24, 2.45) is 0 Å². The summed E-state index contributed by atoms with van der Waals surface area (Å²) in [6.45, 7) is 1.35. The highest BCUT2D eigenvalue weighted by molar-refractivity contribution is 5.88. The third kappa shape index (κ3) is 3.20. The first-order valence-corrected chi connectivity index (χ1v) is 5.42. The summed E-state index contributed by atoms with van der Waals surface area (Å²) in [5.41, 5.74) is 0. The number of nitrogens with zero attached hydrogens (tertiary/aromatic N) is 1. The van der Waals surface area contributed by atoms with Gasteiger partial charge in [-0.05, 0) is 25.0 Å². The number of amides is 2. The van der Waals surface area contributed by atoms with Crippen molar-refractivity contribution in [3.8, 4) is 0 Å². The smallest absolute Gasteiger partial charge is 0.320 e. The number of urea groups is 1. The molecule has 16 heavy (non-hydrogen) atoms. The molecular formula is C11H15N3O2. The van der Waals surface area contributed by atoms with E-state index in [4.69, 9.17) is 4.74 Å². The summed E-state index contributed by atoms with van der Waals surface area (Å²) in [5.74, 6) is 0.548. The Bertz CT molecular complexity index is 336. The summed E-state index contributed by atoms with van der Waals surface area (Å²) in [6, 6.07) is 5.12. The number of nitrogens with one attached hydrogen (secondary N) is 2. The predicted molar refractivity (Wildman–Crippen MR) is 60.2 cm³/mol. The van der Waals surface area contributed by atoms with Crippen molar-refractivity contribution < 1.29 is 9.53 Å². The van der Waals surface area contributed by atoms with Crippen LogP contribution in [0.1, 0.15) is 12.8 Å². The highest BCUT2D eigenvalue weighted by Gasteiger charge is 2.15. The van der Waals surface area contributed by atoms with Crippen molar-refractivity contribution in [2.75, 3.05) is 18.5 Å². The molecule has 0 spiro atoms. The second-order valence-electron chi connectivity index (χ2n) is 3.69. The van der Waals surface area contributed by atoms with E-state index in [2.05, 4.69) is 15.6 Å². The maximum Gasteiger partial charge on any atom is 0.320 e. The zero-order valence-corrected chi connectivity index (χ0v) is 8.98. The number of aromatic nitrogens is 1. The topological polar surface area (TPSA) is 63.2 Å². The van der Waals surface area contributed by atoms with Gasteiger partial charge < -0.3 is 10.1 Å². The van der Waals surface area contributed by atoms with Gasteiger partial charge in [-0.1, -0.05) is 6.07 Å². The highest BCUT2D eigenvalue weighted by Crippen LogP contribution is 2.10. The Labute approximate surface area is 94.2 Å². The third-order valence-electron chi connectivity index (χ3n) is 2.42. The lowest BCUT2D eigenvalue weighted by atomic mass is 10.2. The highest BCUT2D eigenvalue weighted by atomic mass is 16.5. The van der Waals surface area contributed by atoms with E-state index in [1.165, 1.54) is 0 Å². The summed E-state index contributed by atoms with van der Waals surface area (Å²) in [6.07, 6.45) is 3.89. The normalized spacial score (nSPS) is 19.4. The summed E-state index contributed by atoms with van der Waals surface area (Å²) in [4.78, 5) is 15.4. The SMILES string of the molecule is O=C(NC[C@H]1CCCO1)Nc1ccccn1. The number of ether oxygens (including phenoxy) is 1. The maximum absolute atomic E-state index is 11.5. The van der Waals surface area contributed by atoms with Gasteiger partial charge in [0.2, 0.25) is 0 Å². The summed E-state index contributed by atoms with van der Waals surface area (Å²) >= 11 is 0. The van der Waals surface area contributed by atoms with Crippen molar-refractivity contribution in [3.05, 3.63) is 24.4 Å². The van der Waals surface area contributed by atoms with Gasteiger partial charge >= 0.3 is 6.03 Å². The standard InChI is InChI=1S/C11H15N3O2/c15-11(13-8-9-4-3-7-16-9)14-10-5-1-2-6-12-10/h1-2,5-6,9H,3-4,7-8H2,(H2,12,13,14,15)/t9-/m1/s1. The summed E-state index contributed by atoms with van der Waals surface area (Å²) < 4.78 is 5.40. The molecule has 5 heteroatoms. The molecule has 1 aliphatic heterocycles. The van der Waals surface area contributed by atoms with Crippen LogP contribution in [-0.4, -0.2) is 30.3 Å². The van der Waals surface area contributed by atoms with Crippen molar-refractivity contribution in [1.29, 1.82) is 0 Å². The molecular weight excluding hydrogens is 206 g/mol. The lowest BCUT2D eigenvalue weighted by Gasteiger charge is -2.11.